The Morgan fingerprint density at radius 3 is 2.52 bits per heavy atom. The maximum absolute atomic E-state index is 13.3. The van der Waals surface area contributed by atoms with Crippen LogP contribution < -0.4 is 15.0 Å². The summed E-state index contributed by atoms with van der Waals surface area (Å²) in [7, 11) is 1.63. The van der Waals surface area contributed by atoms with Crippen LogP contribution in [0.5, 0.6) is 5.75 Å². The predicted octanol–water partition coefficient (Wildman–Crippen LogP) is 4.87. The molecule has 160 valence electrons. The van der Waals surface area contributed by atoms with Crippen molar-refractivity contribution in [3.8, 4) is 5.75 Å². The summed E-state index contributed by atoms with van der Waals surface area (Å²) in [4.78, 5) is 29.1. The van der Waals surface area contributed by atoms with Gasteiger partial charge in [-0.1, -0.05) is 35.9 Å². The zero-order valence-corrected chi connectivity index (χ0v) is 18.5. The number of amides is 2. The average Bonchev–Trinajstić information content (AvgIpc) is 3.33. The number of ether oxygens (including phenoxy) is 1. The highest BCUT2D eigenvalue weighted by Crippen LogP contribution is 2.41. The molecule has 0 saturated carbocycles. The van der Waals surface area contributed by atoms with E-state index in [0.717, 1.165) is 27.4 Å². The fourth-order valence-electron chi connectivity index (χ4n) is 4.03. The van der Waals surface area contributed by atoms with Crippen molar-refractivity contribution in [1.29, 1.82) is 0 Å². The first-order chi connectivity index (χ1) is 15.1. The summed E-state index contributed by atoms with van der Waals surface area (Å²) < 4.78 is 5.19. The number of rotatable bonds is 6. The monoisotopic (exact) mass is 434 g/mol. The maximum atomic E-state index is 13.3. The van der Waals surface area contributed by atoms with E-state index < -0.39 is 0 Å². The molecule has 0 bridgehead atoms. The zero-order valence-electron chi connectivity index (χ0n) is 17.7. The van der Waals surface area contributed by atoms with Crippen molar-refractivity contribution in [2.24, 2.45) is 5.92 Å². The number of anilines is 1. The van der Waals surface area contributed by atoms with Gasteiger partial charge in [-0.25, -0.2) is 0 Å². The number of hydrogen-bond donors (Lipinski definition) is 1. The van der Waals surface area contributed by atoms with Crippen LogP contribution in [0.4, 0.5) is 5.69 Å². The molecule has 0 aliphatic carbocycles. The highest BCUT2D eigenvalue weighted by Gasteiger charge is 2.41. The van der Waals surface area contributed by atoms with Crippen LogP contribution in [0.1, 0.15) is 34.9 Å². The van der Waals surface area contributed by atoms with Crippen LogP contribution in [0, 0.1) is 12.8 Å². The molecule has 3 aromatic rings. The Balaban J connectivity index is 1.58. The lowest BCUT2D eigenvalue weighted by Crippen LogP contribution is -2.48. The Bertz CT molecular complexity index is 1030. The molecular formula is C25H26N2O3S. The molecule has 0 radical (unpaired) electrons. The summed E-state index contributed by atoms with van der Waals surface area (Å²) in [6.45, 7) is 2.46. The first-order valence-electron chi connectivity index (χ1n) is 10.4. The van der Waals surface area contributed by atoms with Crippen molar-refractivity contribution < 1.29 is 14.3 Å². The second-order valence-corrected chi connectivity index (χ2v) is 8.75. The molecule has 0 spiro atoms. The topological polar surface area (TPSA) is 58.6 Å². The number of piperidine rings is 1. The van der Waals surface area contributed by atoms with Gasteiger partial charge < -0.3 is 15.0 Å². The fraction of sp³-hybridized carbons (Fsp3) is 0.280. The van der Waals surface area contributed by atoms with Gasteiger partial charge in [-0.05, 0) is 54.6 Å². The van der Waals surface area contributed by atoms with Crippen LogP contribution in [0.15, 0.2) is 66.0 Å². The molecule has 31 heavy (non-hydrogen) atoms. The van der Waals surface area contributed by atoms with Gasteiger partial charge >= 0.3 is 0 Å². The number of nitrogens with one attached hydrogen (secondary N) is 1. The van der Waals surface area contributed by atoms with E-state index in [1.807, 2.05) is 77.9 Å². The standard InChI is InChI=1S/C25H26N2O3S/c1-17-5-9-19(10-6-17)27-23(28)14-13-21(24(27)22-4-3-15-31-22)25(29)26-16-18-7-11-20(30-2)12-8-18/h3-12,15,21,24H,13-14,16H2,1-2H3,(H,26,29)/t21-,24+/m1/s1. The lowest BCUT2D eigenvalue weighted by atomic mass is 9.86. The van der Waals surface area contributed by atoms with Crippen LogP contribution in [-0.4, -0.2) is 18.9 Å². The first kappa shape index (κ1) is 21.1. The van der Waals surface area contributed by atoms with Crippen molar-refractivity contribution in [2.45, 2.75) is 32.4 Å². The molecule has 0 unspecified atom stereocenters. The van der Waals surface area contributed by atoms with Crippen LogP contribution in [0.25, 0.3) is 0 Å². The third-order valence-corrected chi connectivity index (χ3v) is 6.65. The highest BCUT2D eigenvalue weighted by atomic mass is 32.1. The molecule has 1 saturated heterocycles. The van der Waals surface area contributed by atoms with Crippen LogP contribution in [0.3, 0.4) is 0 Å². The van der Waals surface area contributed by atoms with E-state index >= 15 is 0 Å². The quantitative estimate of drug-likeness (QED) is 0.602. The highest BCUT2D eigenvalue weighted by molar-refractivity contribution is 7.10. The summed E-state index contributed by atoms with van der Waals surface area (Å²) >= 11 is 1.58. The molecule has 2 heterocycles. The van der Waals surface area contributed by atoms with Gasteiger partial charge in [0.15, 0.2) is 0 Å². The smallest absolute Gasteiger partial charge is 0.227 e. The van der Waals surface area contributed by atoms with Gasteiger partial charge in [0, 0.05) is 23.5 Å². The number of carbonyl (C=O) groups is 2. The second kappa shape index (κ2) is 9.35. The van der Waals surface area contributed by atoms with E-state index in [9.17, 15) is 9.59 Å². The van der Waals surface area contributed by atoms with Gasteiger partial charge in [0.2, 0.25) is 11.8 Å². The SMILES string of the molecule is COc1ccc(CNC(=O)[C@@H]2CCC(=O)N(c3ccc(C)cc3)[C@@H]2c2cccs2)cc1. The molecule has 1 N–H and O–H groups in total. The summed E-state index contributed by atoms with van der Waals surface area (Å²) in [6.07, 6.45) is 0.897. The molecular weight excluding hydrogens is 408 g/mol. The second-order valence-electron chi connectivity index (χ2n) is 7.77. The Labute approximate surface area is 186 Å². The van der Waals surface area contributed by atoms with Gasteiger partial charge in [0.1, 0.15) is 5.75 Å². The van der Waals surface area contributed by atoms with Gasteiger partial charge in [-0.15, -0.1) is 11.3 Å². The number of carbonyl (C=O) groups excluding carboxylic acids is 2. The molecule has 1 aromatic heterocycles. The van der Waals surface area contributed by atoms with Crippen molar-refractivity contribution in [2.75, 3.05) is 12.0 Å². The van der Waals surface area contributed by atoms with E-state index in [2.05, 4.69) is 5.32 Å². The van der Waals surface area contributed by atoms with E-state index in [-0.39, 0.29) is 23.8 Å². The number of methoxy groups -OCH3 is 1. The van der Waals surface area contributed by atoms with Crippen molar-refractivity contribution in [1.82, 2.24) is 5.32 Å². The van der Waals surface area contributed by atoms with E-state index in [1.54, 1.807) is 18.4 Å². The van der Waals surface area contributed by atoms with Crippen molar-refractivity contribution in [3.05, 3.63) is 82.0 Å². The van der Waals surface area contributed by atoms with E-state index in [4.69, 9.17) is 4.74 Å². The lowest BCUT2D eigenvalue weighted by molar-refractivity contribution is -0.129. The third kappa shape index (κ3) is 4.64. The molecule has 1 fully saturated rings. The maximum Gasteiger partial charge on any atom is 0.227 e. The summed E-state index contributed by atoms with van der Waals surface area (Å²) in [5, 5.41) is 5.08. The van der Waals surface area contributed by atoms with Crippen molar-refractivity contribution in [3.63, 3.8) is 0 Å². The minimum Gasteiger partial charge on any atom is -0.497 e. The summed E-state index contributed by atoms with van der Waals surface area (Å²) in [6, 6.07) is 19.3. The third-order valence-electron chi connectivity index (χ3n) is 5.71. The molecule has 2 amide bonds. The summed E-state index contributed by atoms with van der Waals surface area (Å²) in [5.74, 6) is 0.503. The minimum atomic E-state index is -0.309. The normalized spacial score (nSPS) is 18.6. The number of nitrogens with zero attached hydrogens (tertiary/aromatic N) is 1. The van der Waals surface area contributed by atoms with Crippen LogP contribution in [0.2, 0.25) is 0 Å². The number of benzene rings is 2. The molecule has 4 rings (SSSR count). The molecule has 1 aliphatic heterocycles. The number of hydrogen-bond acceptors (Lipinski definition) is 4. The van der Waals surface area contributed by atoms with Gasteiger partial charge in [-0.3, -0.25) is 9.59 Å². The molecule has 2 atom stereocenters. The predicted molar refractivity (Wildman–Crippen MR) is 123 cm³/mol. The Morgan fingerprint density at radius 1 is 1.13 bits per heavy atom. The first-order valence-corrected chi connectivity index (χ1v) is 11.3. The lowest BCUT2D eigenvalue weighted by Gasteiger charge is -2.40. The molecule has 2 aromatic carbocycles. The van der Waals surface area contributed by atoms with E-state index in [1.165, 1.54) is 0 Å². The van der Waals surface area contributed by atoms with Crippen LogP contribution >= 0.6 is 11.3 Å². The molecule has 6 heteroatoms. The van der Waals surface area contributed by atoms with Gasteiger partial charge in [0.25, 0.3) is 0 Å². The fourth-order valence-corrected chi connectivity index (χ4v) is 4.91. The van der Waals surface area contributed by atoms with Gasteiger partial charge in [0.05, 0.1) is 19.1 Å². The largest absolute Gasteiger partial charge is 0.497 e. The van der Waals surface area contributed by atoms with E-state index in [0.29, 0.717) is 19.4 Å². The number of thiophene rings is 1. The van der Waals surface area contributed by atoms with Gasteiger partial charge in [-0.2, -0.15) is 0 Å². The Morgan fingerprint density at radius 2 is 1.87 bits per heavy atom. The molecule has 5 nitrogen and oxygen atoms in total. The Kier molecular flexibility index (Phi) is 6.37. The Hall–Kier alpha value is -3.12. The average molecular weight is 435 g/mol. The van der Waals surface area contributed by atoms with Crippen LogP contribution in [-0.2, 0) is 16.1 Å². The number of aryl methyl sites for hydroxylation is 1. The zero-order chi connectivity index (χ0) is 21.8. The summed E-state index contributed by atoms with van der Waals surface area (Å²) in [5.41, 5.74) is 2.97. The minimum absolute atomic E-state index is 0.0289. The van der Waals surface area contributed by atoms with Crippen molar-refractivity contribution >= 4 is 28.8 Å². The molecule has 1 aliphatic rings.